The van der Waals surface area contributed by atoms with Crippen molar-refractivity contribution in [1.29, 1.82) is 0 Å². The fourth-order valence-electron chi connectivity index (χ4n) is 2.87. The molecule has 1 aliphatic rings. The van der Waals surface area contributed by atoms with Gasteiger partial charge in [0.1, 0.15) is 10.7 Å². The van der Waals surface area contributed by atoms with Crippen molar-refractivity contribution in [3.05, 3.63) is 16.8 Å². The summed E-state index contributed by atoms with van der Waals surface area (Å²) >= 11 is 1.71. The van der Waals surface area contributed by atoms with Gasteiger partial charge in [-0.05, 0) is 31.7 Å². The van der Waals surface area contributed by atoms with E-state index in [1.165, 1.54) is 30.6 Å². The van der Waals surface area contributed by atoms with Gasteiger partial charge in [-0.25, -0.2) is 15.8 Å². The van der Waals surface area contributed by atoms with Crippen molar-refractivity contribution >= 4 is 27.4 Å². The van der Waals surface area contributed by atoms with E-state index in [9.17, 15) is 0 Å². The highest BCUT2D eigenvalue weighted by molar-refractivity contribution is 7.18. The van der Waals surface area contributed by atoms with E-state index in [0.29, 0.717) is 5.92 Å². The van der Waals surface area contributed by atoms with Crippen LogP contribution in [0.25, 0.3) is 10.2 Å². The molecule has 0 amide bonds. The summed E-state index contributed by atoms with van der Waals surface area (Å²) in [6.07, 6.45) is 4.95. The van der Waals surface area contributed by atoms with E-state index in [0.717, 1.165) is 27.8 Å². The predicted octanol–water partition coefficient (Wildman–Crippen LogP) is 3.58. The molecule has 0 unspecified atom stereocenters. The SMILES string of the molecule is Cc1cc2c(NN)nc(C3CCC(C)CC3)nc2s1. The van der Waals surface area contributed by atoms with Gasteiger partial charge < -0.3 is 5.43 Å². The Kier molecular flexibility index (Phi) is 3.41. The summed E-state index contributed by atoms with van der Waals surface area (Å²) in [4.78, 5) is 11.7. The molecule has 2 heterocycles. The standard InChI is InChI=1S/C14H20N4S/c1-8-3-5-10(6-4-8)12-16-13(18-15)11-7-9(2)19-14(11)17-12/h7-8,10H,3-6,15H2,1-2H3,(H,16,17,18). The highest BCUT2D eigenvalue weighted by atomic mass is 32.1. The van der Waals surface area contributed by atoms with Crippen molar-refractivity contribution in [2.75, 3.05) is 5.43 Å². The van der Waals surface area contributed by atoms with E-state index in [1.807, 2.05) is 0 Å². The molecule has 0 aliphatic heterocycles. The minimum absolute atomic E-state index is 0.495. The van der Waals surface area contributed by atoms with Crippen LogP contribution in [0.1, 0.15) is 49.2 Å². The lowest BCUT2D eigenvalue weighted by Gasteiger charge is -2.25. The van der Waals surface area contributed by atoms with E-state index in [4.69, 9.17) is 10.8 Å². The summed E-state index contributed by atoms with van der Waals surface area (Å²) in [5.74, 6) is 8.68. The zero-order chi connectivity index (χ0) is 13.4. The van der Waals surface area contributed by atoms with Gasteiger partial charge in [0.05, 0.1) is 5.39 Å². The van der Waals surface area contributed by atoms with Crippen molar-refractivity contribution < 1.29 is 0 Å². The fraction of sp³-hybridized carbons (Fsp3) is 0.571. The van der Waals surface area contributed by atoms with Crippen LogP contribution in [0.3, 0.4) is 0 Å². The summed E-state index contributed by atoms with van der Waals surface area (Å²) in [5.41, 5.74) is 2.73. The van der Waals surface area contributed by atoms with Crippen LogP contribution in [0.5, 0.6) is 0 Å². The number of nitrogens with zero attached hydrogens (tertiary/aromatic N) is 2. The minimum atomic E-state index is 0.495. The molecule has 4 nitrogen and oxygen atoms in total. The smallest absolute Gasteiger partial charge is 0.152 e. The van der Waals surface area contributed by atoms with Crippen LogP contribution >= 0.6 is 11.3 Å². The molecule has 1 aliphatic carbocycles. The molecular weight excluding hydrogens is 256 g/mol. The molecular formula is C14H20N4S. The third kappa shape index (κ3) is 2.44. The Hall–Kier alpha value is -1.20. The average Bonchev–Trinajstić information content (AvgIpc) is 2.78. The van der Waals surface area contributed by atoms with Crippen LogP contribution in [0.2, 0.25) is 0 Å². The van der Waals surface area contributed by atoms with Crippen LogP contribution in [-0.2, 0) is 0 Å². The first kappa shape index (κ1) is 12.8. The molecule has 0 radical (unpaired) electrons. The Bertz CT molecular complexity index is 584. The first-order valence-electron chi connectivity index (χ1n) is 6.92. The summed E-state index contributed by atoms with van der Waals surface area (Å²) in [6, 6.07) is 2.10. The molecule has 0 spiro atoms. The number of aryl methyl sites for hydroxylation is 1. The first-order valence-corrected chi connectivity index (χ1v) is 7.73. The van der Waals surface area contributed by atoms with Gasteiger partial charge >= 0.3 is 0 Å². The van der Waals surface area contributed by atoms with Crippen LogP contribution in [-0.4, -0.2) is 9.97 Å². The largest absolute Gasteiger partial charge is 0.308 e. The lowest BCUT2D eigenvalue weighted by molar-refractivity contribution is 0.340. The molecule has 0 bridgehead atoms. The van der Waals surface area contributed by atoms with E-state index >= 15 is 0 Å². The lowest BCUT2D eigenvalue weighted by Crippen LogP contribution is -2.16. The summed E-state index contributed by atoms with van der Waals surface area (Å²) in [5, 5.41) is 1.04. The molecule has 3 N–H and O–H groups in total. The van der Waals surface area contributed by atoms with Gasteiger partial charge in [-0.15, -0.1) is 11.3 Å². The van der Waals surface area contributed by atoms with Gasteiger partial charge in [0.25, 0.3) is 0 Å². The second-order valence-electron chi connectivity index (χ2n) is 5.61. The zero-order valence-corrected chi connectivity index (χ0v) is 12.3. The number of hydrogen-bond donors (Lipinski definition) is 2. The van der Waals surface area contributed by atoms with Crippen LogP contribution < -0.4 is 11.3 Å². The number of rotatable bonds is 2. The maximum atomic E-state index is 5.61. The molecule has 0 saturated heterocycles. The second kappa shape index (κ2) is 5.06. The van der Waals surface area contributed by atoms with Gasteiger partial charge in [-0.1, -0.05) is 19.8 Å². The van der Waals surface area contributed by atoms with E-state index in [2.05, 4.69) is 30.3 Å². The molecule has 2 aromatic heterocycles. The van der Waals surface area contributed by atoms with Crippen LogP contribution in [0.15, 0.2) is 6.07 Å². The van der Waals surface area contributed by atoms with Gasteiger partial charge in [0, 0.05) is 10.8 Å². The third-order valence-corrected chi connectivity index (χ3v) is 5.00. The Labute approximate surface area is 117 Å². The molecule has 102 valence electrons. The Balaban J connectivity index is 1.99. The average molecular weight is 276 g/mol. The van der Waals surface area contributed by atoms with E-state index in [1.54, 1.807) is 11.3 Å². The summed E-state index contributed by atoms with van der Waals surface area (Å²) in [6.45, 7) is 4.42. The van der Waals surface area contributed by atoms with Gasteiger partial charge in [0.15, 0.2) is 5.82 Å². The van der Waals surface area contributed by atoms with E-state index in [-0.39, 0.29) is 0 Å². The number of aromatic nitrogens is 2. The Morgan fingerprint density at radius 2 is 2.00 bits per heavy atom. The molecule has 1 saturated carbocycles. The third-order valence-electron chi connectivity index (χ3n) is 4.05. The normalized spacial score (nSPS) is 23.7. The minimum Gasteiger partial charge on any atom is -0.308 e. The number of nitrogens with two attached hydrogens (primary N) is 1. The summed E-state index contributed by atoms with van der Waals surface area (Å²) in [7, 11) is 0. The topological polar surface area (TPSA) is 63.8 Å². The number of anilines is 1. The quantitative estimate of drug-likeness (QED) is 0.650. The molecule has 0 aromatic carbocycles. The molecule has 19 heavy (non-hydrogen) atoms. The number of fused-ring (bicyclic) bond motifs is 1. The lowest BCUT2D eigenvalue weighted by atomic mass is 9.82. The number of hydrazine groups is 1. The van der Waals surface area contributed by atoms with Crippen LogP contribution in [0.4, 0.5) is 5.82 Å². The Morgan fingerprint density at radius 1 is 1.26 bits per heavy atom. The van der Waals surface area contributed by atoms with Gasteiger partial charge in [-0.3, -0.25) is 0 Å². The zero-order valence-electron chi connectivity index (χ0n) is 11.4. The molecule has 1 fully saturated rings. The highest BCUT2D eigenvalue weighted by Gasteiger charge is 2.23. The number of nitrogen functional groups attached to an aromatic ring is 1. The fourth-order valence-corrected chi connectivity index (χ4v) is 3.76. The number of hydrogen-bond acceptors (Lipinski definition) is 5. The van der Waals surface area contributed by atoms with Crippen molar-refractivity contribution in [2.45, 2.75) is 45.4 Å². The van der Waals surface area contributed by atoms with Crippen molar-refractivity contribution in [3.8, 4) is 0 Å². The highest BCUT2D eigenvalue weighted by Crippen LogP contribution is 2.36. The number of thiophene rings is 1. The van der Waals surface area contributed by atoms with Crippen LogP contribution in [0, 0.1) is 12.8 Å². The Morgan fingerprint density at radius 3 is 2.68 bits per heavy atom. The van der Waals surface area contributed by atoms with Crippen molar-refractivity contribution in [1.82, 2.24) is 9.97 Å². The maximum absolute atomic E-state index is 5.61. The predicted molar refractivity (Wildman–Crippen MR) is 80.3 cm³/mol. The summed E-state index contributed by atoms with van der Waals surface area (Å²) < 4.78 is 0. The molecule has 5 heteroatoms. The van der Waals surface area contributed by atoms with Gasteiger partial charge in [0.2, 0.25) is 0 Å². The van der Waals surface area contributed by atoms with Crippen molar-refractivity contribution in [2.24, 2.45) is 11.8 Å². The van der Waals surface area contributed by atoms with Crippen molar-refractivity contribution in [3.63, 3.8) is 0 Å². The monoisotopic (exact) mass is 276 g/mol. The molecule has 2 aromatic rings. The van der Waals surface area contributed by atoms with E-state index < -0.39 is 0 Å². The molecule has 3 rings (SSSR count). The first-order chi connectivity index (χ1) is 9.17. The number of nitrogens with one attached hydrogen (secondary N) is 1. The van der Waals surface area contributed by atoms with Gasteiger partial charge in [-0.2, -0.15) is 0 Å². The molecule has 0 atom stereocenters. The maximum Gasteiger partial charge on any atom is 0.152 e. The second-order valence-corrected chi connectivity index (χ2v) is 6.84.